The van der Waals surface area contributed by atoms with Crippen LogP contribution < -0.4 is 4.90 Å². The van der Waals surface area contributed by atoms with E-state index in [-0.39, 0.29) is 24.4 Å². The van der Waals surface area contributed by atoms with E-state index in [1.165, 1.54) is 28.9 Å². The smallest absolute Gasteiger partial charge is 0.276 e. The number of fused-ring (bicyclic) bond motifs is 1. The number of benzene rings is 2. The predicted molar refractivity (Wildman–Crippen MR) is 118 cm³/mol. The van der Waals surface area contributed by atoms with E-state index in [4.69, 9.17) is 4.74 Å². The summed E-state index contributed by atoms with van der Waals surface area (Å²) >= 11 is 0. The molecule has 0 radical (unpaired) electrons. The maximum absolute atomic E-state index is 13.2. The minimum Gasteiger partial charge on any atom is -0.368 e. The second kappa shape index (κ2) is 8.35. The number of piperazine rings is 1. The Kier molecular flexibility index (Phi) is 5.38. The molecule has 166 valence electrons. The summed E-state index contributed by atoms with van der Waals surface area (Å²) in [7, 11) is 0. The Balaban J connectivity index is 1.26. The molecule has 5 rings (SSSR count). The minimum atomic E-state index is -0.281. The fourth-order valence-electron chi connectivity index (χ4n) is 4.42. The second-order valence-electron chi connectivity index (χ2n) is 8.49. The van der Waals surface area contributed by atoms with Crippen molar-refractivity contribution >= 4 is 11.6 Å². The van der Waals surface area contributed by atoms with E-state index in [1.807, 2.05) is 4.90 Å². The molecule has 2 aliphatic rings. The van der Waals surface area contributed by atoms with Gasteiger partial charge < -0.3 is 14.5 Å². The molecule has 1 amide bonds. The monoisotopic (exact) mass is 435 g/mol. The van der Waals surface area contributed by atoms with Crippen molar-refractivity contribution < 1.29 is 13.9 Å². The van der Waals surface area contributed by atoms with Crippen LogP contribution in [0.1, 0.15) is 39.0 Å². The molecule has 1 fully saturated rings. The number of nitrogens with zero attached hydrogens (tertiary/aromatic N) is 5. The molecule has 7 nitrogen and oxygen atoms in total. The van der Waals surface area contributed by atoms with Gasteiger partial charge in [-0.25, -0.2) is 9.07 Å². The van der Waals surface area contributed by atoms with Crippen LogP contribution in [0.15, 0.2) is 42.5 Å². The van der Waals surface area contributed by atoms with Crippen molar-refractivity contribution in [2.75, 3.05) is 31.1 Å². The minimum absolute atomic E-state index is 0.101. The number of amides is 1. The summed E-state index contributed by atoms with van der Waals surface area (Å²) in [5, 5.41) is 8.39. The number of carbonyl (C=O) groups excluding carboxylic acids is 1. The van der Waals surface area contributed by atoms with E-state index in [0.717, 1.165) is 18.7 Å². The fourth-order valence-corrected chi connectivity index (χ4v) is 4.42. The third kappa shape index (κ3) is 3.86. The number of rotatable bonds is 3. The molecule has 3 aromatic rings. The predicted octanol–water partition coefficient (Wildman–Crippen LogP) is 3.27. The lowest BCUT2D eigenvalue weighted by Crippen LogP contribution is -2.49. The van der Waals surface area contributed by atoms with Crippen LogP contribution in [-0.4, -0.2) is 52.0 Å². The number of hydrogen-bond donors (Lipinski definition) is 0. The Labute approximate surface area is 186 Å². The van der Waals surface area contributed by atoms with Crippen molar-refractivity contribution in [3.8, 4) is 0 Å². The maximum Gasteiger partial charge on any atom is 0.276 e. The van der Waals surface area contributed by atoms with Gasteiger partial charge in [-0.1, -0.05) is 29.5 Å². The largest absolute Gasteiger partial charge is 0.368 e. The molecule has 0 aliphatic carbocycles. The zero-order valence-electron chi connectivity index (χ0n) is 18.3. The molecule has 8 heteroatoms. The lowest BCUT2D eigenvalue weighted by atomic mass is 10.1. The number of anilines is 1. The molecule has 1 aromatic heterocycles. The van der Waals surface area contributed by atoms with Crippen LogP contribution >= 0.6 is 0 Å². The molecule has 3 heterocycles. The molecular weight excluding hydrogens is 409 g/mol. The molecule has 2 aromatic carbocycles. The molecule has 32 heavy (non-hydrogen) atoms. The van der Waals surface area contributed by atoms with Gasteiger partial charge in [-0.2, -0.15) is 0 Å². The van der Waals surface area contributed by atoms with Crippen LogP contribution in [0.3, 0.4) is 0 Å². The lowest BCUT2D eigenvalue weighted by Gasteiger charge is -2.36. The quantitative estimate of drug-likeness (QED) is 0.632. The molecule has 1 saturated heterocycles. The van der Waals surface area contributed by atoms with Crippen LogP contribution in [0.5, 0.6) is 0 Å². The zero-order valence-corrected chi connectivity index (χ0v) is 18.3. The lowest BCUT2D eigenvalue weighted by molar-refractivity contribution is -0.00199. The SMILES string of the molecule is Cc1ccc(C)c(N2CCN(C(=O)c3nnn4c3COC(c3ccc(F)cc3)C4)CC2)c1. The van der Waals surface area contributed by atoms with Crippen LogP contribution in [0.2, 0.25) is 0 Å². The maximum atomic E-state index is 13.2. The topological polar surface area (TPSA) is 63.5 Å². The average Bonchev–Trinajstić information content (AvgIpc) is 3.24. The van der Waals surface area contributed by atoms with E-state index in [9.17, 15) is 9.18 Å². The summed E-state index contributed by atoms with van der Waals surface area (Å²) < 4.78 is 20.9. The van der Waals surface area contributed by atoms with Crippen LogP contribution in [0, 0.1) is 19.7 Å². The van der Waals surface area contributed by atoms with Crippen LogP contribution in [0.4, 0.5) is 10.1 Å². The zero-order chi connectivity index (χ0) is 22.2. The first-order chi connectivity index (χ1) is 15.5. The Morgan fingerprint density at radius 3 is 2.56 bits per heavy atom. The highest BCUT2D eigenvalue weighted by atomic mass is 19.1. The summed E-state index contributed by atoms with van der Waals surface area (Å²) in [6, 6.07) is 12.7. The summed E-state index contributed by atoms with van der Waals surface area (Å²) in [6.45, 7) is 7.75. The highest BCUT2D eigenvalue weighted by Crippen LogP contribution is 2.28. The van der Waals surface area contributed by atoms with Gasteiger partial charge in [0.05, 0.1) is 18.8 Å². The first kappa shape index (κ1) is 20.6. The van der Waals surface area contributed by atoms with Gasteiger partial charge in [0.25, 0.3) is 5.91 Å². The van der Waals surface area contributed by atoms with Crippen LogP contribution in [-0.2, 0) is 17.9 Å². The average molecular weight is 436 g/mol. The number of aryl methyl sites for hydroxylation is 2. The van der Waals surface area contributed by atoms with Gasteiger partial charge in [-0.3, -0.25) is 4.79 Å². The second-order valence-corrected chi connectivity index (χ2v) is 8.49. The summed E-state index contributed by atoms with van der Waals surface area (Å²) in [5.74, 6) is -0.382. The van der Waals surface area contributed by atoms with Crippen LogP contribution in [0.25, 0.3) is 0 Å². The molecule has 1 atom stereocenters. The van der Waals surface area contributed by atoms with E-state index < -0.39 is 0 Å². The van der Waals surface area contributed by atoms with E-state index in [0.29, 0.717) is 31.0 Å². The number of hydrogen-bond acceptors (Lipinski definition) is 5. The fraction of sp³-hybridized carbons (Fsp3) is 0.375. The van der Waals surface area contributed by atoms with Crippen molar-refractivity contribution in [2.45, 2.75) is 33.1 Å². The van der Waals surface area contributed by atoms with Crippen molar-refractivity contribution in [1.82, 2.24) is 19.9 Å². The van der Waals surface area contributed by atoms with Crippen molar-refractivity contribution in [1.29, 1.82) is 0 Å². The third-order valence-corrected chi connectivity index (χ3v) is 6.31. The summed E-state index contributed by atoms with van der Waals surface area (Å²) in [5.41, 5.74) is 5.66. The Hall–Kier alpha value is -3.26. The first-order valence-electron chi connectivity index (χ1n) is 10.9. The highest BCUT2D eigenvalue weighted by Gasteiger charge is 2.31. The van der Waals surface area contributed by atoms with E-state index in [1.54, 1.807) is 16.8 Å². The van der Waals surface area contributed by atoms with Gasteiger partial charge >= 0.3 is 0 Å². The van der Waals surface area contributed by atoms with E-state index >= 15 is 0 Å². The number of carbonyl (C=O) groups is 1. The van der Waals surface area contributed by atoms with Gasteiger partial charge in [0.2, 0.25) is 0 Å². The molecule has 0 saturated carbocycles. The van der Waals surface area contributed by atoms with Gasteiger partial charge in [0.1, 0.15) is 11.9 Å². The Bertz CT molecular complexity index is 1140. The first-order valence-corrected chi connectivity index (χ1v) is 10.9. The van der Waals surface area contributed by atoms with Crippen molar-refractivity contribution in [3.05, 3.63) is 76.4 Å². The number of halogens is 1. The normalized spacial score (nSPS) is 18.5. The van der Waals surface area contributed by atoms with Crippen molar-refractivity contribution in [3.63, 3.8) is 0 Å². The molecule has 0 spiro atoms. The van der Waals surface area contributed by atoms with E-state index in [2.05, 4.69) is 47.3 Å². The molecule has 0 bridgehead atoms. The Morgan fingerprint density at radius 1 is 1.06 bits per heavy atom. The standard InChI is InChI=1S/C24H26FN5O2/c1-16-3-4-17(2)20(13-16)28-9-11-29(12-10-28)24(31)23-21-15-32-22(14-30(21)27-26-23)18-5-7-19(25)8-6-18/h3-8,13,22H,9-12,14-15H2,1-2H3. The number of ether oxygens (including phenoxy) is 1. The molecular formula is C24H26FN5O2. The third-order valence-electron chi connectivity index (χ3n) is 6.31. The van der Waals surface area contributed by atoms with Crippen molar-refractivity contribution in [2.24, 2.45) is 0 Å². The molecule has 2 aliphatic heterocycles. The summed E-state index contributed by atoms with van der Waals surface area (Å²) in [4.78, 5) is 17.4. The van der Waals surface area contributed by atoms with Gasteiger partial charge in [-0.15, -0.1) is 5.10 Å². The van der Waals surface area contributed by atoms with Gasteiger partial charge in [0.15, 0.2) is 5.69 Å². The Morgan fingerprint density at radius 2 is 1.81 bits per heavy atom. The molecule has 1 unspecified atom stereocenters. The van der Waals surface area contributed by atoms with Gasteiger partial charge in [-0.05, 0) is 48.7 Å². The highest BCUT2D eigenvalue weighted by molar-refractivity contribution is 5.93. The summed E-state index contributed by atoms with van der Waals surface area (Å²) in [6.07, 6.45) is -0.242. The number of aromatic nitrogens is 3. The molecule has 0 N–H and O–H groups in total. The van der Waals surface area contributed by atoms with Gasteiger partial charge in [0, 0.05) is 31.9 Å².